The highest BCUT2D eigenvalue weighted by Crippen LogP contribution is 2.23. The molecule has 0 unspecified atom stereocenters. The third-order valence-corrected chi connectivity index (χ3v) is 5.58. The zero-order chi connectivity index (χ0) is 17.9. The summed E-state index contributed by atoms with van der Waals surface area (Å²) in [4.78, 5) is 19.4. The zero-order valence-electron chi connectivity index (χ0n) is 14.7. The molecule has 0 aromatic heterocycles. The summed E-state index contributed by atoms with van der Waals surface area (Å²) in [5, 5.41) is 3.06. The van der Waals surface area contributed by atoms with E-state index in [1.807, 2.05) is 41.3 Å². The number of nitrogens with zero attached hydrogens (tertiary/aromatic N) is 2. The second kappa shape index (κ2) is 7.34. The third-order valence-electron chi connectivity index (χ3n) is 4.49. The Kier molecular flexibility index (Phi) is 4.76. The van der Waals surface area contributed by atoms with Crippen LogP contribution < -0.4 is 0 Å². The van der Waals surface area contributed by atoms with Crippen LogP contribution in [-0.4, -0.2) is 29.1 Å². The predicted molar refractivity (Wildman–Crippen MR) is 110 cm³/mol. The van der Waals surface area contributed by atoms with E-state index in [1.165, 1.54) is 11.1 Å². The first kappa shape index (κ1) is 16.9. The molecule has 3 aromatic rings. The van der Waals surface area contributed by atoms with Crippen molar-refractivity contribution >= 4 is 33.6 Å². The van der Waals surface area contributed by atoms with Crippen molar-refractivity contribution in [2.24, 2.45) is 4.99 Å². The second-order valence-corrected chi connectivity index (χ2v) is 7.40. The lowest BCUT2D eigenvalue weighted by molar-refractivity contribution is 0.0861. The molecule has 0 N–H and O–H groups in total. The van der Waals surface area contributed by atoms with Crippen molar-refractivity contribution < 1.29 is 4.79 Å². The van der Waals surface area contributed by atoms with Gasteiger partial charge in [0.1, 0.15) is 0 Å². The topological polar surface area (TPSA) is 32.7 Å². The minimum atomic E-state index is 0.0312. The van der Waals surface area contributed by atoms with Gasteiger partial charge in [-0.05, 0) is 35.4 Å². The summed E-state index contributed by atoms with van der Waals surface area (Å²) in [6.45, 7) is 3.42. The fraction of sp³-hybridized carbons (Fsp3) is 0.182. The third kappa shape index (κ3) is 3.51. The van der Waals surface area contributed by atoms with Gasteiger partial charge in [-0.15, -0.1) is 0 Å². The van der Waals surface area contributed by atoms with Gasteiger partial charge in [0, 0.05) is 17.9 Å². The summed E-state index contributed by atoms with van der Waals surface area (Å²) in [6, 6.07) is 22.5. The van der Waals surface area contributed by atoms with Crippen LogP contribution in [0.3, 0.4) is 0 Å². The van der Waals surface area contributed by atoms with Crippen LogP contribution in [-0.2, 0) is 5.75 Å². The molecule has 0 fully saturated rings. The van der Waals surface area contributed by atoms with Crippen molar-refractivity contribution in [3.63, 3.8) is 0 Å². The molecule has 26 heavy (non-hydrogen) atoms. The standard InChI is InChI=1S/C22H20N2OS/c1-16-5-4-6-17(13-16)15-26-22-23-11-12-24(22)21(25)20-10-9-18-7-2-3-8-19(18)14-20/h2-10,13-14H,11-12,15H2,1H3. The van der Waals surface area contributed by atoms with E-state index in [-0.39, 0.29) is 5.91 Å². The molecule has 0 saturated carbocycles. The molecular formula is C22H20N2OS. The normalized spacial score (nSPS) is 13.9. The van der Waals surface area contributed by atoms with Gasteiger partial charge in [0.05, 0.1) is 6.54 Å². The number of hydrogen-bond acceptors (Lipinski definition) is 3. The Labute approximate surface area is 157 Å². The van der Waals surface area contributed by atoms with Crippen molar-refractivity contribution in [3.05, 3.63) is 83.4 Å². The molecule has 0 aliphatic carbocycles. The van der Waals surface area contributed by atoms with Crippen molar-refractivity contribution in [3.8, 4) is 0 Å². The van der Waals surface area contributed by atoms with Crippen molar-refractivity contribution in [1.29, 1.82) is 0 Å². The highest BCUT2D eigenvalue weighted by atomic mass is 32.2. The average molecular weight is 360 g/mol. The van der Waals surface area contributed by atoms with Crippen molar-refractivity contribution in [2.75, 3.05) is 13.1 Å². The molecule has 0 radical (unpaired) electrons. The molecule has 4 heteroatoms. The lowest BCUT2D eigenvalue weighted by Crippen LogP contribution is -2.32. The van der Waals surface area contributed by atoms with Gasteiger partial charge in [0.15, 0.2) is 5.17 Å². The number of amidine groups is 1. The maximum absolute atomic E-state index is 13.0. The molecule has 0 saturated heterocycles. The van der Waals surface area contributed by atoms with Gasteiger partial charge in [0.2, 0.25) is 0 Å². The molecule has 0 atom stereocenters. The summed E-state index contributed by atoms with van der Waals surface area (Å²) in [6.07, 6.45) is 0. The van der Waals surface area contributed by atoms with E-state index in [0.717, 1.165) is 27.3 Å². The second-order valence-electron chi connectivity index (χ2n) is 6.46. The van der Waals surface area contributed by atoms with Gasteiger partial charge >= 0.3 is 0 Å². The Morgan fingerprint density at radius 2 is 1.88 bits per heavy atom. The van der Waals surface area contributed by atoms with Crippen molar-refractivity contribution in [1.82, 2.24) is 4.90 Å². The minimum Gasteiger partial charge on any atom is -0.286 e. The number of amides is 1. The zero-order valence-corrected chi connectivity index (χ0v) is 15.5. The molecular weight excluding hydrogens is 340 g/mol. The summed E-state index contributed by atoms with van der Waals surface area (Å²) >= 11 is 1.64. The fourth-order valence-electron chi connectivity index (χ4n) is 3.17. The van der Waals surface area contributed by atoms with E-state index in [9.17, 15) is 4.79 Å². The number of carbonyl (C=O) groups excluding carboxylic acids is 1. The van der Waals surface area contributed by atoms with Gasteiger partial charge < -0.3 is 0 Å². The number of benzene rings is 3. The molecule has 0 bridgehead atoms. The summed E-state index contributed by atoms with van der Waals surface area (Å²) < 4.78 is 0. The molecule has 1 heterocycles. The minimum absolute atomic E-state index is 0.0312. The highest BCUT2D eigenvalue weighted by Gasteiger charge is 2.25. The number of hydrogen-bond donors (Lipinski definition) is 0. The van der Waals surface area contributed by atoms with E-state index in [2.05, 4.69) is 42.2 Å². The Morgan fingerprint density at radius 1 is 1.04 bits per heavy atom. The largest absolute Gasteiger partial charge is 0.286 e. The Morgan fingerprint density at radius 3 is 2.73 bits per heavy atom. The summed E-state index contributed by atoms with van der Waals surface area (Å²) in [5.74, 6) is 0.853. The van der Waals surface area contributed by atoms with Crippen LogP contribution in [0.2, 0.25) is 0 Å². The number of carbonyl (C=O) groups is 1. The quantitative estimate of drug-likeness (QED) is 0.666. The molecule has 1 aliphatic rings. The van der Waals surface area contributed by atoms with Gasteiger partial charge in [-0.3, -0.25) is 14.7 Å². The van der Waals surface area contributed by atoms with Crippen LogP contribution in [0.4, 0.5) is 0 Å². The van der Waals surface area contributed by atoms with Crippen LogP contribution in [0.15, 0.2) is 71.7 Å². The average Bonchev–Trinajstić information content (AvgIpc) is 3.14. The first-order valence-corrected chi connectivity index (χ1v) is 9.73. The van der Waals surface area contributed by atoms with Crippen molar-refractivity contribution in [2.45, 2.75) is 12.7 Å². The van der Waals surface area contributed by atoms with Gasteiger partial charge in [-0.1, -0.05) is 71.9 Å². The lowest BCUT2D eigenvalue weighted by Gasteiger charge is -2.18. The molecule has 3 aromatic carbocycles. The summed E-state index contributed by atoms with van der Waals surface area (Å²) in [5.41, 5.74) is 3.22. The Balaban J connectivity index is 1.50. The number of fused-ring (bicyclic) bond motifs is 1. The molecule has 1 amide bonds. The Hall–Kier alpha value is -2.59. The van der Waals surface area contributed by atoms with Crippen LogP contribution in [0.25, 0.3) is 10.8 Å². The van der Waals surface area contributed by atoms with E-state index in [4.69, 9.17) is 0 Å². The van der Waals surface area contributed by atoms with E-state index >= 15 is 0 Å². The SMILES string of the molecule is Cc1cccc(CSC2=NCCN2C(=O)c2ccc3ccccc3c2)c1. The smallest absolute Gasteiger partial charge is 0.259 e. The van der Waals surface area contributed by atoms with Gasteiger partial charge in [0.25, 0.3) is 5.91 Å². The van der Waals surface area contributed by atoms with E-state index < -0.39 is 0 Å². The lowest BCUT2D eigenvalue weighted by atomic mass is 10.1. The monoisotopic (exact) mass is 360 g/mol. The number of thioether (sulfide) groups is 1. The van der Waals surface area contributed by atoms with E-state index in [1.54, 1.807) is 11.8 Å². The fourth-order valence-corrected chi connectivity index (χ4v) is 4.15. The van der Waals surface area contributed by atoms with Crippen LogP contribution in [0, 0.1) is 6.92 Å². The van der Waals surface area contributed by atoms with Crippen LogP contribution in [0.1, 0.15) is 21.5 Å². The Bertz CT molecular complexity index is 996. The van der Waals surface area contributed by atoms with Crippen LogP contribution in [0.5, 0.6) is 0 Å². The number of rotatable bonds is 3. The highest BCUT2D eigenvalue weighted by molar-refractivity contribution is 8.13. The predicted octanol–water partition coefficient (Wildman–Crippen LogP) is 4.89. The summed E-state index contributed by atoms with van der Waals surface area (Å²) in [7, 11) is 0. The van der Waals surface area contributed by atoms with Gasteiger partial charge in [-0.25, -0.2) is 0 Å². The first-order chi connectivity index (χ1) is 12.7. The number of aryl methyl sites for hydroxylation is 1. The molecule has 0 spiro atoms. The molecule has 3 nitrogen and oxygen atoms in total. The van der Waals surface area contributed by atoms with Gasteiger partial charge in [-0.2, -0.15) is 0 Å². The van der Waals surface area contributed by atoms with E-state index in [0.29, 0.717) is 13.1 Å². The first-order valence-electron chi connectivity index (χ1n) is 8.74. The number of aliphatic imine (C=N–C) groups is 1. The molecule has 4 rings (SSSR count). The van der Waals surface area contributed by atoms with Crippen LogP contribution >= 0.6 is 11.8 Å². The maximum Gasteiger partial charge on any atom is 0.259 e. The maximum atomic E-state index is 13.0. The molecule has 1 aliphatic heterocycles. The molecule has 130 valence electrons.